The van der Waals surface area contributed by atoms with Gasteiger partial charge in [0.05, 0.1) is 10.8 Å². The zero-order valence-corrected chi connectivity index (χ0v) is 10.8. The average molecular weight is 266 g/mol. The fourth-order valence-corrected chi connectivity index (χ4v) is 2.86. The standard InChI is InChI=1S/C13H11ClO2S/c1-2-8-7-11(13(15)16)17-12(8)9-3-5-10(14)6-4-9/h3-7H,2H2,1H3,(H,15,16)/p-1. The van der Waals surface area contributed by atoms with E-state index in [4.69, 9.17) is 11.6 Å². The minimum Gasteiger partial charge on any atom is -0.544 e. The van der Waals surface area contributed by atoms with Gasteiger partial charge in [0.25, 0.3) is 0 Å². The first-order valence-corrected chi connectivity index (χ1v) is 6.41. The summed E-state index contributed by atoms with van der Waals surface area (Å²) in [5, 5.41) is 11.5. The van der Waals surface area contributed by atoms with E-state index in [1.807, 2.05) is 19.1 Å². The predicted octanol–water partition coefficient (Wildman–Crippen LogP) is 2.99. The number of benzene rings is 1. The summed E-state index contributed by atoms with van der Waals surface area (Å²) in [6, 6.07) is 9.08. The molecule has 0 aliphatic carbocycles. The normalized spacial score (nSPS) is 10.5. The van der Waals surface area contributed by atoms with Crippen molar-refractivity contribution in [1.82, 2.24) is 0 Å². The van der Waals surface area contributed by atoms with Crippen LogP contribution in [0, 0.1) is 0 Å². The summed E-state index contributed by atoms with van der Waals surface area (Å²) in [4.78, 5) is 12.1. The predicted molar refractivity (Wildman–Crippen MR) is 68.5 cm³/mol. The number of hydrogen-bond acceptors (Lipinski definition) is 3. The lowest BCUT2D eigenvalue weighted by Gasteiger charge is -2.01. The zero-order valence-electron chi connectivity index (χ0n) is 9.20. The van der Waals surface area contributed by atoms with Crippen molar-refractivity contribution < 1.29 is 9.90 Å². The van der Waals surface area contributed by atoms with Crippen molar-refractivity contribution >= 4 is 28.9 Å². The summed E-state index contributed by atoms with van der Waals surface area (Å²) < 4.78 is 0. The summed E-state index contributed by atoms with van der Waals surface area (Å²) in [6.45, 7) is 2.00. The van der Waals surface area contributed by atoms with Crippen molar-refractivity contribution in [3.63, 3.8) is 0 Å². The number of carbonyl (C=O) groups is 1. The molecule has 0 aliphatic rings. The Morgan fingerprint density at radius 1 is 1.35 bits per heavy atom. The Hall–Kier alpha value is -1.32. The molecule has 0 saturated carbocycles. The molecular weight excluding hydrogens is 256 g/mol. The van der Waals surface area contributed by atoms with E-state index < -0.39 is 5.97 Å². The van der Waals surface area contributed by atoms with Crippen LogP contribution in [0.1, 0.15) is 22.2 Å². The van der Waals surface area contributed by atoms with Gasteiger partial charge in [-0.1, -0.05) is 30.7 Å². The molecule has 0 atom stereocenters. The molecule has 2 aromatic rings. The highest BCUT2D eigenvalue weighted by molar-refractivity contribution is 7.17. The number of aromatic carboxylic acids is 1. The molecule has 2 rings (SSSR count). The van der Waals surface area contributed by atoms with Crippen LogP contribution in [0.2, 0.25) is 5.02 Å². The molecule has 0 amide bonds. The third kappa shape index (κ3) is 2.51. The number of carboxylic acid groups (broad SMARTS) is 1. The minimum absolute atomic E-state index is 0.270. The van der Waals surface area contributed by atoms with Crippen LogP contribution in [-0.4, -0.2) is 5.97 Å². The molecule has 88 valence electrons. The maximum Gasteiger partial charge on any atom is 0.0815 e. The lowest BCUT2D eigenvalue weighted by Crippen LogP contribution is -2.20. The highest BCUT2D eigenvalue weighted by Gasteiger charge is 2.10. The molecule has 1 heterocycles. The minimum atomic E-state index is -1.12. The molecule has 0 bridgehead atoms. The SMILES string of the molecule is CCc1cc(C(=O)[O-])sc1-c1ccc(Cl)cc1. The van der Waals surface area contributed by atoms with Gasteiger partial charge in [-0.05, 0) is 35.7 Å². The van der Waals surface area contributed by atoms with Gasteiger partial charge >= 0.3 is 0 Å². The molecule has 1 aromatic heterocycles. The van der Waals surface area contributed by atoms with Gasteiger partial charge in [0.2, 0.25) is 0 Å². The molecule has 4 heteroatoms. The van der Waals surface area contributed by atoms with Crippen molar-refractivity contribution in [2.24, 2.45) is 0 Å². The quantitative estimate of drug-likeness (QED) is 0.856. The monoisotopic (exact) mass is 265 g/mol. The maximum absolute atomic E-state index is 10.8. The Bertz CT molecular complexity index is 543. The van der Waals surface area contributed by atoms with Gasteiger partial charge in [-0.2, -0.15) is 0 Å². The summed E-state index contributed by atoms with van der Waals surface area (Å²) in [6.07, 6.45) is 0.793. The van der Waals surface area contributed by atoms with E-state index in [1.165, 1.54) is 11.3 Å². The smallest absolute Gasteiger partial charge is 0.0815 e. The van der Waals surface area contributed by atoms with Gasteiger partial charge in [0.15, 0.2) is 0 Å². The number of carboxylic acids is 1. The zero-order chi connectivity index (χ0) is 12.4. The van der Waals surface area contributed by atoms with E-state index in [2.05, 4.69) is 0 Å². The number of carbonyl (C=O) groups excluding carboxylic acids is 1. The Labute approximate surface area is 108 Å². The highest BCUT2D eigenvalue weighted by atomic mass is 35.5. The van der Waals surface area contributed by atoms with Gasteiger partial charge in [-0.15, -0.1) is 11.3 Å². The molecule has 1 aromatic carbocycles. The molecule has 17 heavy (non-hydrogen) atoms. The first-order valence-electron chi connectivity index (χ1n) is 5.21. The van der Waals surface area contributed by atoms with Crippen LogP contribution in [0.3, 0.4) is 0 Å². The summed E-state index contributed by atoms with van der Waals surface area (Å²) in [7, 11) is 0. The van der Waals surface area contributed by atoms with Crippen molar-refractivity contribution in [3.05, 3.63) is 45.8 Å². The molecule has 0 aliphatic heterocycles. The summed E-state index contributed by atoms with van der Waals surface area (Å²) in [5.41, 5.74) is 2.01. The Kier molecular flexibility index (Phi) is 3.50. The molecule has 0 saturated heterocycles. The third-order valence-electron chi connectivity index (χ3n) is 2.50. The van der Waals surface area contributed by atoms with Crippen LogP contribution >= 0.6 is 22.9 Å². The topological polar surface area (TPSA) is 40.1 Å². The van der Waals surface area contributed by atoms with Crippen LogP contribution in [0.5, 0.6) is 0 Å². The first kappa shape index (κ1) is 12.1. The number of halogens is 1. The number of aryl methyl sites for hydroxylation is 1. The van der Waals surface area contributed by atoms with Crippen LogP contribution in [0.25, 0.3) is 10.4 Å². The van der Waals surface area contributed by atoms with Gasteiger partial charge in [0, 0.05) is 9.90 Å². The van der Waals surface area contributed by atoms with Gasteiger partial charge in [-0.25, -0.2) is 0 Å². The number of hydrogen-bond donors (Lipinski definition) is 0. The van der Waals surface area contributed by atoms with Crippen LogP contribution < -0.4 is 5.11 Å². The van der Waals surface area contributed by atoms with Crippen LogP contribution in [0.4, 0.5) is 0 Å². The Morgan fingerprint density at radius 3 is 2.53 bits per heavy atom. The fourth-order valence-electron chi connectivity index (χ4n) is 1.64. The maximum atomic E-state index is 10.8. The Balaban J connectivity index is 2.50. The van der Waals surface area contributed by atoms with Gasteiger partial charge in [0.1, 0.15) is 0 Å². The van der Waals surface area contributed by atoms with E-state index in [0.29, 0.717) is 5.02 Å². The summed E-state index contributed by atoms with van der Waals surface area (Å²) in [5.74, 6) is -1.12. The van der Waals surface area contributed by atoms with Crippen LogP contribution in [-0.2, 0) is 6.42 Å². The third-order valence-corrected chi connectivity index (χ3v) is 3.96. The molecule has 0 unspecified atom stereocenters. The second-order valence-corrected chi connectivity index (χ2v) is 5.10. The van der Waals surface area contributed by atoms with E-state index in [1.54, 1.807) is 18.2 Å². The lowest BCUT2D eigenvalue weighted by atomic mass is 10.1. The molecular formula is C13H10ClO2S-. The van der Waals surface area contributed by atoms with Gasteiger partial charge in [-0.3, -0.25) is 0 Å². The van der Waals surface area contributed by atoms with E-state index >= 15 is 0 Å². The van der Waals surface area contributed by atoms with Crippen LogP contribution in [0.15, 0.2) is 30.3 Å². The second kappa shape index (κ2) is 4.90. The fraction of sp³-hybridized carbons (Fsp3) is 0.154. The van der Waals surface area contributed by atoms with Crippen molar-refractivity contribution in [3.8, 4) is 10.4 Å². The average Bonchev–Trinajstić information content (AvgIpc) is 2.74. The van der Waals surface area contributed by atoms with Crippen molar-refractivity contribution in [2.45, 2.75) is 13.3 Å². The highest BCUT2D eigenvalue weighted by Crippen LogP contribution is 2.33. The van der Waals surface area contributed by atoms with Crippen molar-refractivity contribution in [1.29, 1.82) is 0 Å². The largest absolute Gasteiger partial charge is 0.544 e. The van der Waals surface area contributed by atoms with E-state index in [-0.39, 0.29) is 4.88 Å². The second-order valence-electron chi connectivity index (χ2n) is 3.61. The number of thiophene rings is 1. The summed E-state index contributed by atoms with van der Waals surface area (Å²) >= 11 is 7.07. The van der Waals surface area contributed by atoms with E-state index in [9.17, 15) is 9.90 Å². The molecule has 0 spiro atoms. The molecule has 2 nitrogen and oxygen atoms in total. The van der Waals surface area contributed by atoms with Gasteiger partial charge < -0.3 is 9.90 Å². The molecule has 0 fully saturated rings. The van der Waals surface area contributed by atoms with Crippen molar-refractivity contribution in [2.75, 3.05) is 0 Å². The molecule has 0 N–H and O–H groups in total. The lowest BCUT2D eigenvalue weighted by molar-refractivity contribution is -0.254. The van der Waals surface area contributed by atoms with E-state index in [0.717, 1.165) is 22.4 Å². The molecule has 0 radical (unpaired) electrons. The Morgan fingerprint density at radius 2 is 2.00 bits per heavy atom. The first-order chi connectivity index (χ1) is 8.11. The number of rotatable bonds is 3.